The second-order valence-corrected chi connectivity index (χ2v) is 7.79. The first-order valence-electron chi connectivity index (χ1n) is 9.88. The molecule has 162 valence electrons. The summed E-state index contributed by atoms with van der Waals surface area (Å²) < 4.78 is 12.3. The zero-order valence-corrected chi connectivity index (χ0v) is 18.5. The fourth-order valence-corrected chi connectivity index (χ4v) is 3.91. The summed E-state index contributed by atoms with van der Waals surface area (Å²) in [6.45, 7) is 0. The van der Waals surface area contributed by atoms with E-state index in [0.717, 1.165) is 27.9 Å². The Balaban J connectivity index is 1.37. The molecule has 3 aromatic carbocycles. The molecule has 1 amide bonds. The number of amides is 1. The number of anilines is 1. The summed E-state index contributed by atoms with van der Waals surface area (Å²) in [4.78, 5) is 12.5. The molecule has 0 spiro atoms. The van der Waals surface area contributed by atoms with Crippen LogP contribution in [-0.4, -0.2) is 34.9 Å². The number of aromatic nitrogens is 3. The Morgan fingerprint density at radius 3 is 2.16 bits per heavy atom. The first kappa shape index (κ1) is 21.5. The summed E-state index contributed by atoms with van der Waals surface area (Å²) in [7, 11) is 3.25. The molecule has 0 atom stereocenters. The van der Waals surface area contributed by atoms with Crippen molar-refractivity contribution in [2.75, 3.05) is 19.5 Å². The monoisotopic (exact) mass is 446 g/mol. The van der Waals surface area contributed by atoms with Crippen LogP contribution >= 0.6 is 11.8 Å². The number of nitrogens with zero attached hydrogens (tertiary/aromatic N) is 3. The van der Waals surface area contributed by atoms with Gasteiger partial charge in [-0.1, -0.05) is 23.9 Å². The molecule has 0 bridgehead atoms. The van der Waals surface area contributed by atoms with Crippen LogP contribution in [0.1, 0.15) is 15.9 Å². The van der Waals surface area contributed by atoms with Crippen molar-refractivity contribution in [2.45, 2.75) is 10.9 Å². The number of hydrogen-bond acceptors (Lipinski definition) is 6. The van der Waals surface area contributed by atoms with Crippen molar-refractivity contribution in [1.29, 1.82) is 0 Å². The largest absolute Gasteiger partial charge is 0.497 e. The van der Waals surface area contributed by atoms with Crippen LogP contribution in [0.2, 0.25) is 0 Å². The Kier molecular flexibility index (Phi) is 6.72. The van der Waals surface area contributed by atoms with Crippen LogP contribution in [-0.2, 0) is 5.75 Å². The van der Waals surface area contributed by atoms with E-state index in [-0.39, 0.29) is 5.91 Å². The predicted octanol–water partition coefficient (Wildman–Crippen LogP) is 4.83. The van der Waals surface area contributed by atoms with Gasteiger partial charge in [-0.25, -0.2) is 0 Å². The molecule has 0 aliphatic heterocycles. The van der Waals surface area contributed by atoms with E-state index in [4.69, 9.17) is 9.47 Å². The van der Waals surface area contributed by atoms with Gasteiger partial charge in [0.1, 0.15) is 17.8 Å². The minimum Gasteiger partial charge on any atom is -0.497 e. The Morgan fingerprint density at radius 1 is 0.906 bits per heavy atom. The van der Waals surface area contributed by atoms with Crippen molar-refractivity contribution in [3.63, 3.8) is 0 Å². The number of methoxy groups -OCH3 is 2. The number of carbonyl (C=O) groups is 1. The van der Waals surface area contributed by atoms with Crippen molar-refractivity contribution in [3.8, 4) is 17.2 Å². The van der Waals surface area contributed by atoms with E-state index in [1.54, 1.807) is 56.6 Å². The molecular formula is C24H22N4O3S. The minimum atomic E-state index is -0.159. The average molecular weight is 447 g/mol. The maximum Gasteiger partial charge on any atom is 0.255 e. The van der Waals surface area contributed by atoms with Gasteiger partial charge in [-0.3, -0.25) is 9.36 Å². The van der Waals surface area contributed by atoms with Crippen molar-refractivity contribution in [2.24, 2.45) is 0 Å². The van der Waals surface area contributed by atoms with Gasteiger partial charge in [0.15, 0.2) is 5.16 Å². The summed E-state index contributed by atoms with van der Waals surface area (Å²) in [5, 5.41) is 11.9. The Hall–Kier alpha value is -3.78. The Bertz CT molecular complexity index is 1170. The lowest BCUT2D eigenvalue weighted by Crippen LogP contribution is -2.11. The van der Waals surface area contributed by atoms with E-state index < -0.39 is 0 Å². The average Bonchev–Trinajstić information content (AvgIpc) is 3.32. The van der Waals surface area contributed by atoms with Gasteiger partial charge in [-0.2, -0.15) is 0 Å². The lowest BCUT2D eigenvalue weighted by atomic mass is 10.1. The van der Waals surface area contributed by atoms with Crippen molar-refractivity contribution < 1.29 is 14.3 Å². The summed E-state index contributed by atoms with van der Waals surface area (Å²) in [5.41, 5.74) is 3.35. The van der Waals surface area contributed by atoms with Crippen molar-refractivity contribution >= 4 is 23.4 Å². The third kappa shape index (κ3) is 5.09. The number of thioether (sulfide) groups is 1. The van der Waals surface area contributed by atoms with Crippen LogP contribution in [0.4, 0.5) is 5.69 Å². The predicted molar refractivity (Wildman–Crippen MR) is 125 cm³/mol. The molecule has 0 radical (unpaired) electrons. The van der Waals surface area contributed by atoms with Crippen LogP contribution in [0.15, 0.2) is 84.3 Å². The second-order valence-electron chi connectivity index (χ2n) is 6.85. The molecule has 0 aliphatic carbocycles. The number of hydrogen-bond donors (Lipinski definition) is 1. The SMILES string of the molecule is COc1ccc(NC(=O)c2ccc(CSc3nncn3-c3ccc(OC)cc3)cc2)cc1. The zero-order valence-electron chi connectivity index (χ0n) is 17.7. The third-order valence-electron chi connectivity index (χ3n) is 4.80. The molecule has 0 fully saturated rings. The summed E-state index contributed by atoms with van der Waals surface area (Å²) in [6, 6.07) is 22.5. The van der Waals surface area contributed by atoms with E-state index in [1.807, 2.05) is 53.1 Å². The second kappa shape index (κ2) is 10.0. The molecule has 1 N–H and O–H groups in total. The standard InChI is InChI=1S/C24H22N4O3S/c1-30-21-11-7-19(8-12-21)26-23(29)18-5-3-17(4-6-18)15-32-24-27-25-16-28(24)20-9-13-22(31-2)14-10-20/h3-14,16H,15H2,1-2H3,(H,26,29). The van der Waals surface area contributed by atoms with Crippen LogP contribution in [0.25, 0.3) is 5.69 Å². The number of benzene rings is 3. The van der Waals surface area contributed by atoms with Gasteiger partial charge in [0.2, 0.25) is 0 Å². The van der Waals surface area contributed by atoms with E-state index in [2.05, 4.69) is 15.5 Å². The van der Waals surface area contributed by atoms with E-state index in [1.165, 1.54) is 0 Å². The summed E-state index contributed by atoms with van der Waals surface area (Å²) in [6.07, 6.45) is 1.69. The first-order valence-corrected chi connectivity index (χ1v) is 10.9. The number of rotatable bonds is 8. The maximum atomic E-state index is 12.5. The van der Waals surface area contributed by atoms with Gasteiger partial charge < -0.3 is 14.8 Å². The molecule has 4 rings (SSSR count). The molecule has 8 heteroatoms. The molecule has 0 aliphatic rings. The quantitative estimate of drug-likeness (QED) is 0.391. The smallest absolute Gasteiger partial charge is 0.255 e. The van der Waals surface area contributed by atoms with Gasteiger partial charge in [0.05, 0.1) is 14.2 Å². The van der Waals surface area contributed by atoms with Gasteiger partial charge in [-0.05, 0) is 66.2 Å². The van der Waals surface area contributed by atoms with E-state index >= 15 is 0 Å². The molecule has 4 aromatic rings. The van der Waals surface area contributed by atoms with Crippen LogP contribution in [0.3, 0.4) is 0 Å². The molecule has 32 heavy (non-hydrogen) atoms. The van der Waals surface area contributed by atoms with E-state index in [0.29, 0.717) is 17.0 Å². The van der Waals surface area contributed by atoms with Crippen LogP contribution in [0, 0.1) is 0 Å². The number of carbonyl (C=O) groups excluding carboxylic acids is 1. The fourth-order valence-electron chi connectivity index (χ4n) is 3.02. The fraction of sp³-hybridized carbons (Fsp3) is 0.125. The van der Waals surface area contributed by atoms with Crippen LogP contribution in [0.5, 0.6) is 11.5 Å². The minimum absolute atomic E-state index is 0.159. The molecule has 0 unspecified atom stereocenters. The zero-order chi connectivity index (χ0) is 22.3. The highest BCUT2D eigenvalue weighted by Gasteiger charge is 2.10. The van der Waals surface area contributed by atoms with Crippen LogP contribution < -0.4 is 14.8 Å². The Morgan fingerprint density at radius 2 is 1.53 bits per heavy atom. The molecule has 7 nitrogen and oxygen atoms in total. The highest BCUT2D eigenvalue weighted by molar-refractivity contribution is 7.98. The molecule has 1 aromatic heterocycles. The normalized spacial score (nSPS) is 10.6. The molecule has 1 heterocycles. The third-order valence-corrected chi connectivity index (χ3v) is 5.81. The molecule has 0 saturated carbocycles. The topological polar surface area (TPSA) is 78.3 Å². The van der Waals surface area contributed by atoms with Gasteiger partial charge in [-0.15, -0.1) is 10.2 Å². The molecular weight excluding hydrogens is 424 g/mol. The highest BCUT2D eigenvalue weighted by Crippen LogP contribution is 2.25. The van der Waals surface area contributed by atoms with Gasteiger partial charge in [0.25, 0.3) is 5.91 Å². The van der Waals surface area contributed by atoms with Gasteiger partial charge >= 0.3 is 0 Å². The first-order chi connectivity index (χ1) is 15.7. The number of nitrogens with one attached hydrogen (secondary N) is 1. The molecule has 0 saturated heterocycles. The summed E-state index contributed by atoms with van der Waals surface area (Å²) >= 11 is 1.58. The van der Waals surface area contributed by atoms with E-state index in [9.17, 15) is 4.79 Å². The lowest BCUT2D eigenvalue weighted by Gasteiger charge is -2.08. The van der Waals surface area contributed by atoms with Crippen molar-refractivity contribution in [1.82, 2.24) is 14.8 Å². The Labute approximate surface area is 190 Å². The lowest BCUT2D eigenvalue weighted by molar-refractivity contribution is 0.102. The van der Waals surface area contributed by atoms with Crippen molar-refractivity contribution in [3.05, 3.63) is 90.3 Å². The highest BCUT2D eigenvalue weighted by atomic mass is 32.2. The number of ether oxygens (including phenoxy) is 2. The van der Waals surface area contributed by atoms with Gasteiger partial charge in [0, 0.05) is 22.7 Å². The maximum absolute atomic E-state index is 12.5. The summed E-state index contributed by atoms with van der Waals surface area (Å²) in [5.74, 6) is 2.09.